The molecule has 22 heavy (non-hydrogen) atoms. The van der Waals surface area contributed by atoms with E-state index in [4.69, 9.17) is 0 Å². The van der Waals surface area contributed by atoms with E-state index in [-0.39, 0.29) is 5.56 Å². The topological polar surface area (TPSA) is 16.1 Å². The molecule has 0 amide bonds. The number of hydrogen-bond donors (Lipinski definition) is 0. The molecular weight excluding hydrogens is 302 g/mol. The van der Waals surface area contributed by atoms with E-state index < -0.39 is 11.6 Å². The third-order valence-corrected chi connectivity index (χ3v) is 4.97. The number of benzene rings is 1. The van der Waals surface area contributed by atoms with Crippen LogP contribution in [0.2, 0.25) is 0 Å². The minimum absolute atomic E-state index is 0.235. The number of rotatable bonds is 5. The van der Waals surface area contributed by atoms with Crippen LogP contribution in [-0.2, 0) is 13.0 Å². The first-order chi connectivity index (χ1) is 10.7. The minimum atomic E-state index is -0.421. The van der Waals surface area contributed by atoms with Gasteiger partial charge in [-0.1, -0.05) is 6.07 Å². The number of thiazole rings is 1. The van der Waals surface area contributed by atoms with E-state index in [1.54, 1.807) is 11.3 Å². The average molecular weight is 322 g/mol. The highest BCUT2D eigenvalue weighted by atomic mass is 32.1. The molecule has 0 spiro atoms. The fourth-order valence-electron chi connectivity index (χ4n) is 3.19. The molecule has 1 unspecified atom stereocenters. The van der Waals surface area contributed by atoms with Gasteiger partial charge in [-0.15, -0.1) is 11.3 Å². The molecule has 0 bridgehead atoms. The fraction of sp³-hybridized carbons (Fsp3) is 0.471. The van der Waals surface area contributed by atoms with Gasteiger partial charge in [0.1, 0.15) is 11.6 Å². The molecule has 1 atom stereocenters. The maximum atomic E-state index is 13.7. The van der Waals surface area contributed by atoms with Crippen LogP contribution in [0.4, 0.5) is 8.78 Å². The summed E-state index contributed by atoms with van der Waals surface area (Å²) in [4.78, 5) is 6.73. The highest BCUT2D eigenvalue weighted by molar-refractivity contribution is 7.07. The number of nitrogens with zero attached hydrogens (tertiary/aromatic N) is 2. The molecule has 1 saturated heterocycles. The predicted octanol–water partition coefficient (Wildman–Crippen LogP) is 4.27. The molecular formula is C17H20F2N2S. The standard InChI is InChI=1S/C17H20F2N2S/c18-16-4-1-5-17(19)15(16)7-6-13-3-2-8-21(9-13)10-14-11-22-12-20-14/h1,4-5,11-13H,2-3,6-10H2. The van der Waals surface area contributed by atoms with E-state index >= 15 is 0 Å². The van der Waals surface area contributed by atoms with Crippen molar-refractivity contribution in [2.75, 3.05) is 13.1 Å². The fourth-order valence-corrected chi connectivity index (χ4v) is 3.74. The molecule has 1 aromatic carbocycles. The third-order valence-electron chi connectivity index (χ3n) is 4.34. The van der Waals surface area contributed by atoms with Crippen molar-refractivity contribution in [2.24, 2.45) is 5.92 Å². The summed E-state index contributed by atoms with van der Waals surface area (Å²) in [6.07, 6.45) is 3.61. The first-order valence-electron chi connectivity index (χ1n) is 7.74. The molecule has 0 saturated carbocycles. The second kappa shape index (κ2) is 7.29. The zero-order chi connectivity index (χ0) is 15.4. The van der Waals surface area contributed by atoms with Crippen molar-refractivity contribution in [3.05, 3.63) is 52.0 Å². The summed E-state index contributed by atoms with van der Waals surface area (Å²) in [6.45, 7) is 2.96. The van der Waals surface area contributed by atoms with Gasteiger partial charge in [-0.05, 0) is 50.3 Å². The van der Waals surface area contributed by atoms with Gasteiger partial charge in [0.05, 0.1) is 11.2 Å². The number of likely N-dealkylation sites (tertiary alicyclic amines) is 1. The van der Waals surface area contributed by atoms with Crippen molar-refractivity contribution < 1.29 is 8.78 Å². The molecule has 0 N–H and O–H groups in total. The van der Waals surface area contributed by atoms with Crippen LogP contribution in [0.3, 0.4) is 0 Å². The van der Waals surface area contributed by atoms with E-state index in [1.165, 1.54) is 18.2 Å². The monoisotopic (exact) mass is 322 g/mol. The highest BCUT2D eigenvalue weighted by Gasteiger charge is 2.21. The summed E-state index contributed by atoms with van der Waals surface area (Å²) < 4.78 is 27.4. The van der Waals surface area contributed by atoms with Gasteiger partial charge in [0, 0.05) is 24.0 Å². The van der Waals surface area contributed by atoms with E-state index in [9.17, 15) is 8.78 Å². The molecule has 1 aliphatic heterocycles. The lowest BCUT2D eigenvalue weighted by molar-refractivity contribution is 0.160. The van der Waals surface area contributed by atoms with Crippen molar-refractivity contribution in [3.8, 4) is 0 Å². The van der Waals surface area contributed by atoms with Crippen molar-refractivity contribution in [2.45, 2.75) is 32.2 Å². The van der Waals surface area contributed by atoms with Crippen LogP contribution in [0, 0.1) is 17.6 Å². The Balaban J connectivity index is 1.54. The van der Waals surface area contributed by atoms with Gasteiger partial charge in [0.2, 0.25) is 0 Å². The molecule has 2 nitrogen and oxygen atoms in total. The Morgan fingerprint density at radius 2 is 2.09 bits per heavy atom. The molecule has 2 heterocycles. The molecule has 118 valence electrons. The van der Waals surface area contributed by atoms with Crippen LogP contribution >= 0.6 is 11.3 Å². The molecule has 0 radical (unpaired) electrons. The summed E-state index contributed by atoms with van der Waals surface area (Å²) in [5, 5.41) is 2.08. The van der Waals surface area contributed by atoms with Crippen LogP contribution in [0.5, 0.6) is 0 Å². The lowest BCUT2D eigenvalue weighted by atomic mass is 9.91. The summed E-state index contributed by atoms with van der Waals surface area (Å²) >= 11 is 1.62. The zero-order valence-electron chi connectivity index (χ0n) is 12.5. The van der Waals surface area contributed by atoms with Gasteiger partial charge >= 0.3 is 0 Å². The molecule has 3 rings (SSSR count). The molecule has 0 aliphatic carbocycles. The smallest absolute Gasteiger partial charge is 0.129 e. The van der Waals surface area contributed by atoms with Gasteiger partial charge in [-0.3, -0.25) is 4.90 Å². The Morgan fingerprint density at radius 1 is 1.27 bits per heavy atom. The highest BCUT2D eigenvalue weighted by Crippen LogP contribution is 2.24. The van der Waals surface area contributed by atoms with E-state index in [0.717, 1.165) is 44.6 Å². The summed E-state index contributed by atoms with van der Waals surface area (Å²) in [7, 11) is 0. The first kappa shape index (κ1) is 15.6. The van der Waals surface area contributed by atoms with Crippen LogP contribution in [0.15, 0.2) is 29.1 Å². The van der Waals surface area contributed by atoms with Crippen molar-refractivity contribution in [1.82, 2.24) is 9.88 Å². The van der Waals surface area contributed by atoms with Crippen LogP contribution in [0.1, 0.15) is 30.5 Å². The Bertz CT molecular complexity index is 580. The number of halogens is 2. The van der Waals surface area contributed by atoms with Gasteiger partial charge < -0.3 is 0 Å². The molecule has 5 heteroatoms. The summed E-state index contributed by atoms with van der Waals surface area (Å²) in [5.74, 6) is -0.336. The second-order valence-electron chi connectivity index (χ2n) is 5.96. The van der Waals surface area contributed by atoms with E-state index in [1.807, 2.05) is 5.51 Å². The zero-order valence-corrected chi connectivity index (χ0v) is 13.3. The maximum Gasteiger partial charge on any atom is 0.129 e. The Hall–Kier alpha value is -1.33. The second-order valence-corrected chi connectivity index (χ2v) is 6.68. The Morgan fingerprint density at radius 3 is 2.82 bits per heavy atom. The van der Waals surface area contributed by atoms with E-state index in [2.05, 4.69) is 15.3 Å². The van der Waals surface area contributed by atoms with Gasteiger partial charge in [-0.25, -0.2) is 13.8 Å². The van der Waals surface area contributed by atoms with Crippen LogP contribution in [-0.4, -0.2) is 23.0 Å². The quantitative estimate of drug-likeness (QED) is 0.817. The normalized spacial score (nSPS) is 19.5. The molecule has 1 aliphatic rings. The first-order valence-corrected chi connectivity index (χ1v) is 8.69. The third kappa shape index (κ3) is 3.90. The average Bonchev–Trinajstić information content (AvgIpc) is 3.00. The Kier molecular flexibility index (Phi) is 5.16. The summed E-state index contributed by atoms with van der Waals surface area (Å²) in [6, 6.07) is 4.10. The van der Waals surface area contributed by atoms with Crippen molar-refractivity contribution >= 4 is 11.3 Å². The predicted molar refractivity (Wildman–Crippen MR) is 84.8 cm³/mol. The lowest BCUT2D eigenvalue weighted by Crippen LogP contribution is -2.35. The van der Waals surface area contributed by atoms with E-state index in [0.29, 0.717) is 12.3 Å². The van der Waals surface area contributed by atoms with Crippen molar-refractivity contribution in [3.63, 3.8) is 0 Å². The Labute approximate surface area is 133 Å². The molecule has 1 fully saturated rings. The SMILES string of the molecule is Fc1cccc(F)c1CCC1CCCN(Cc2cscn2)C1. The number of hydrogen-bond acceptors (Lipinski definition) is 3. The van der Waals surface area contributed by atoms with Crippen molar-refractivity contribution in [1.29, 1.82) is 0 Å². The largest absolute Gasteiger partial charge is 0.297 e. The number of aromatic nitrogens is 1. The molecule has 1 aromatic heterocycles. The van der Waals surface area contributed by atoms with Gasteiger partial charge in [-0.2, -0.15) is 0 Å². The minimum Gasteiger partial charge on any atom is -0.297 e. The van der Waals surface area contributed by atoms with Crippen LogP contribution < -0.4 is 0 Å². The lowest BCUT2D eigenvalue weighted by Gasteiger charge is -2.32. The summed E-state index contributed by atoms with van der Waals surface area (Å²) in [5.41, 5.74) is 3.21. The molecule has 2 aromatic rings. The van der Waals surface area contributed by atoms with Gasteiger partial charge in [0.25, 0.3) is 0 Å². The van der Waals surface area contributed by atoms with Gasteiger partial charge in [0.15, 0.2) is 0 Å². The van der Waals surface area contributed by atoms with Crippen LogP contribution in [0.25, 0.3) is 0 Å². The maximum absolute atomic E-state index is 13.7. The number of piperidine rings is 1.